The summed E-state index contributed by atoms with van der Waals surface area (Å²) in [6.07, 6.45) is 9.71. The molecule has 2 saturated carbocycles. The lowest BCUT2D eigenvalue weighted by atomic mass is 9.83. The van der Waals surface area contributed by atoms with Crippen LogP contribution >= 0.6 is 0 Å². The Hall–Kier alpha value is -3.04. The monoisotopic (exact) mass is 552 g/mol. The number of halogens is 2. The number of piperazine rings is 1. The number of hydrogen-bond acceptors (Lipinski definition) is 5. The Labute approximate surface area is 234 Å². The van der Waals surface area contributed by atoms with Gasteiger partial charge in [-0.3, -0.25) is 9.59 Å². The van der Waals surface area contributed by atoms with E-state index in [1.54, 1.807) is 0 Å². The minimum absolute atomic E-state index is 0.160. The van der Waals surface area contributed by atoms with E-state index in [9.17, 15) is 14.7 Å². The van der Waals surface area contributed by atoms with Crippen LogP contribution in [0.2, 0.25) is 0 Å². The number of anilines is 1. The fourth-order valence-electron chi connectivity index (χ4n) is 6.65. The number of carbonyl (C=O) groups is 2. The van der Waals surface area contributed by atoms with Crippen molar-refractivity contribution < 1.29 is 23.5 Å². The van der Waals surface area contributed by atoms with Crippen LogP contribution in [0.15, 0.2) is 30.3 Å². The third-order valence-electron chi connectivity index (χ3n) is 9.25. The Balaban J connectivity index is 1.18. The smallest absolute Gasteiger partial charge is 0.259 e. The van der Waals surface area contributed by atoms with Gasteiger partial charge in [0.25, 0.3) is 11.8 Å². The number of nitrogens with zero attached hydrogens (tertiary/aromatic N) is 3. The molecule has 0 aromatic heterocycles. The third kappa shape index (κ3) is 5.09. The summed E-state index contributed by atoms with van der Waals surface area (Å²) in [4.78, 5) is 28.3. The van der Waals surface area contributed by atoms with E-state index >= 15 is 8.78 Å². The van der Waals surface area contributed by atoms with E-state index in [2.05, 4.69) is 11.5 Å². The lowest BCUT2D eigenvalue weighted by Gasteiger charge is -2.35. The van der Waals surface area contributed by atoms with Crippen molar-refractivity contribution in [3.63, 3.8) is 0 Å². The van der Waals surface area contributed by atoms with E-state index in [0.717, 1.165) is 5.69 Å². The molecule has 1 saturated heterocycles. The van der Waals surface area contributed by atoms with Crippen molar-refractivity contribution in [2.45, 2.75) is 69.4 Å². The molecule has 1 atom stereocenters. The summed E-state index contributed by atoms with van der Waals surface area (Å²) in [6.45, 7) is 0.778. The van der Waals surface area contributed by atoms with Gasteiger partial charge in [0, 0.05) is 33.2 Å². The maximum atomic E-state index is 15.3. The molecule has 2 aromatic rings. The minimum Gasteiger partial charge on any atom is -0.380 e. The quantitative estimate of drug-likeness (QED) is 0.570. The topological polar surface area (TPSA) is 76.1 Å². The second-order valence-corrected chi connectivity index (χ2v) is 12.0. The highest BCUT2D eigenvalue weighted by Crippen LogP contribution is 2.43. The molecule has 2 amide bonds. The molecule has 7 nitrogen and oxygen atoms in total. The molecule has 2 heterocycles. The molecule has 2 aromatic carbocycles. The van der Waals surface area contributed by atoms with Gasteiger partial charge in [-0.1, -0.05) is 44.2 Å². The Morgan fingerprint density at radius 3 is 2.10 bits per heavy atom. The molecule has 1 unspecified atom stereocenters. The van der Waals surface area contributed by atoms with E-state index in [0.29, 0.717) is 29.9 Å². The Morgan fingerprint density at radius 2 is 1.48 bits per heavy atom. The first-order chi connectivity index (χ1) is 19.2. The summed E-state index contributed by atoms with van der Waals surface area (Å²) in [5.41, 5.74) is 5.07. The molecule has 214 valence electrons. The van der Waals surface area contributed by atoms with Crippen molar-refractivity contribution in [3.8, 4) is 11.1 Å². The van der Waals surface area contributed by atoms with Crippen LogP contribution in [0.5, 0.6) is 0 Å². The molecule has 2 N–H and O–H groups in total. The van der Waals surface area contributed by atoms with Gasteiger partial charge in [-0.15, -0.1) is 0 Å². The Bertz CT molecular complexity index is 1270. The summed E-state index contributed by atoms with van der Waals surface area (Å²) >= 11 is 0. The molecule has 0 radical (unpaired) electrons. The molecule has 2 aliphatic carbocycles. The summed E-state index contributed by atoms with van der Waals surface area (Å²) < 4.78 is 30.6. The van der Waals surface area contributed by atoms with Gasteiger partial charge in [0.1, 0.15) is 22.8 Å². The lowest BCUT2D eigenvalue weighted by Crippen LogP contribution is -2.53. The van der Waals surface area contributed by atoms with Crippen LogP contribution in [0, 0.1) is 17.6 Å². The van der Waals surface area contributed by atoms with Gasteiger partial charge in [-0.25, -0.2) is 14.2 Å². The van der Waals surface area contributed by atoms with Crippen LogP contribution < -0.4 is 10.4 Å². The van der Waals surface area contributed by atoms with Crippen LogP contribution in [0.1, 0.15) is 79.8 Å². The van der Waals surface area contributed by atoms with Crippen LogP contribution in [-0.2, 0) is 4.79 Å². The highest BCUT2D eigenvalue weighted by atomic mass is 19.1. The van der Waals surface area contributed by atoms with Crippen LogP contribution in [0.4, 0.5) is 14.5 Å². The predicted molar refractivity (Wildman–Crippen MR) is 149 cm³/mol. The fraction of sp³-hybridized carbons (Fsp3) is 0.548. The molecule has 2 aliphatic heterocycles. The van der Waals surface area contributed by atoms with E-state index in [1.165, 1.54) is 72.4 Å². The van der Waals surface area contributed by atoms with Crippen LogP contribution in [0.3, 0.4) is 0 Å². The van der Waals surface area contributed by atoms with Gasteiger partial charge in [-0.05, 0) is 66.5 Å². The summed E-state index contributed by atoms with van der Waals surface area (Å²) in [6, 6.07) is 8.65. The number of fused-ring (bicyclic) bond motifs is 1. The van der Waals surface area contributed by atoms with E-state index in [4.69, 9.17) is 0 Å². The van der Waals surface area contributed by atoms with Gasteiger partial charge in [0.2, 0.25) is 0 Å². The molecular formula is C31H38F2N4O3. The number of hydrazine groups is 1. The van der Waals surface area contributed by atoms with Crippen molar-refractivity contribution in [1.82, 2.24) is 15.2 Å². The SMILES string of the molecule is CN1NC(C2CCCCCCC2)c2ccc(-c3cc(F)c(C(=O)N4CCN(C(=O)C5(O)CC5)CC4)c(F)c3)cc21. The van der Waals surface area contributed by atoms with Crippen molar-refractivity contribution in [3.05, 3.63) is 53.1 Å². The minimum atomic E-state index is -1.27. The molecule has 3 fully saturated rings. The second kappa shape index (κ2) is 10.7. The maximum Gasteiger partial charge on any atom is 0.259 e. The van der Waals surface area contributed by atoms with Crippen molar-refractivity contribution in [2.75, 3.05) is 38.2 Å². The molecule has 4 aliphatic rings. The van der Waals surface area contributed by atoms with Crippen molar-refractivity contribution in [2.24, 2.45) is 5.92 Å². The zero-order valence-electron chi connectivity index (χ0n) is 23.1. The predicted octanol–water partition coefficient (Wildman–Crippen LogP) is 4.80. The van der Waals surface area contributed by atoms with Crippen molar-refractivity contribution >= 4 is 17.5 Å². The maximum absolute atomic E-state index is 15.3. The number of nitrogens with one attached hydrogen (secondary N) is 1. The van der Waals surface area contributed by atoms with Gasteiger partial charge in [-0.2, -0.15) is 0 Å². The first-order valence-electron chi connectivity index (χ1n) is 14.7. The van der Waals surface area contributed by atoms with Gasteiger partial charge in [0.15, 0.2) is 0 Å². The average Bonchev–Trinajstić information content (AvgIpc) is 3.60. The molecule has 0 bridgehead atoms. The molecule has 9 heteroatoms. The number of amides is 2. The number of hydrogen-bond donors (Lipinski definition) is 2. The highest BCUT2D eigenvalue weighted by Gasteiger charge is 2.50. The van der Waals surface area contributed by atoms with Crippen LogP contribution in [-0.4, -0.2) is 65.5 Å². The molecule has 40 heavy (non-hydrogen) atoms. The summed E-state index contributed by atoms with van der Waals surface area (Å²) in [7, 11) is 1.98. The Morgan fingerprint density at radius 1 is 0.875 bits per heavy atom. The summed E-state index contributed by atoms with van der Waals surface area (Å²) in [5, 5.41) is 12.1. The zero-order chi connectivity index (χ0) is 28.0. The Kier molecular flexibility index (Phi) is 7.29. The van der Waals surface area contributed by atoms with E-state index in [-0.39, 0.29) is 38.1 Å². The van der Waals surface area contributed by atoms with Gasteiger partial charge >= 0.3 is 0 Å². The average molecular weight is 553 g/mol. The molecule has 6 rings (SSSR count). The number of carbonyl (C=O) groups excluding carboxylic acids is 2. The first-order valence-corrected chi connectivity index (χ1v) is 14.7. The fourth-order valence-corrected chi connectivity index (χ4v) is 6.65. The van der Waals surface area contributed by atoms with Gasteiger partial charge in [0.05, 0.1) is 11.7 Å². The normalized spacial score (nSPS) is 23.0. The second-order valence-electron chi connectivity index (χ2n) is 12.0. The highest BCUT2D eigenvalue weighted by molar-refractivity contribution is 5.96. The largest absolute Gasteiger partial charge is 0.380 e. The lowest BCUT2D eigenvalue weighted by molar-refractivity contribution is -0.143. The van der Waals surface area contributed by atoms with Gasteiger partial charge < -0.3 is 19.9 Å². The number of aliphatic hydroxyl groups is 1. The number of benzene rings is 2. The standard InChI is InChI=1S/C31H38F2N4O3/c1-35-26-19-21(9-10-23(26)28(34-35)20-7-5-3-2-4-6-8-20)22-17-24(32)27(25(33)18-22)29(38)36-13-15-37(16-14-36)30(39)31(40)11-12-31/h9-10,17-20,28,34,40H,2-8,11-16H2,1H3. The van der Waals surface area contributed by atoms with E-state index < -0.39 is 28.7 Å². The zero-order valence-corrected chi connectivity index (χ0v) is 23.1. The van der Waals surface area contributed by atoms with Crippen LogP contribution in [0.25, 0.3) is 11.1 Å². The van der Waals surface area contributed by atoms with Crippen molar-refractivity contribution in [1.29, 1.82) is 0 Å². The number of rotatable bonds is 4. The first kappa shape index (κ1) is 27.1. The molecular weight excluding hydrogens is 514 g/mol. The molecule has 0 spiro atoms. The third-order valence-corrected chi connectivity index (χ3v) is 9.25. The van der Waals surface area contributed by atoms with E-state index in [1.807, 2.05) is 24.2 Å². The summed E-state index contributed by atoms with van der Waals surface area (Å²) in [5.74, 6) is -2.28.